The van der Waals surface area contributed by atoms with Gasteiger partial charge in [-0.1, -0.05) is 23.8 Å². The molecule has 0 N–H and O–H groups in total. The maximum absolute atomic E-state index is 12.7. The molecule has 21 heavy (non-hydrogen) atoms. The Morgan fingerprint density at radius 2 is 1.67 bits per heavy atom. The summed E-state index contributed by atoms with van der Waals surface area (Å²) in [6.45, 7) is 2.74. The van der Waals surface area contributed by atoms with Gasteiger partial charge in [0.25, 0.3) is 0 Å². The maximum atomic E-state index is 12.7. The van der Waals surface area contributed by atoms with Crippen molar-refractivity contribution in [2.45, 2.75) is 24.9 Å². The van der Waals surface area contributed by atoms with Crippen molar-refractivity contribution in [3.8, 4) is 5.75 Å². The molecule has 0 saturated heterocycles. The van der Waals surface area contributed by atoms with Crippen LogP contribution in [0.1, 0.15) is 16.7 Å². The Kier molecular flexibility index (Phi) is 3.47. The van der Waals surface area contributed by atoms with Crippen LogP contribution >= 0.6 is 0 Å². The van der Waals surface area contributed by atoms with E-state index in [1.54, 1.807) is 19.2 Å². The lowest BCUT2D eigenvalue weighted by Gasteiger charge is -2.15. The molecule has 0 bridgehead atoms. The number of hydrogen-bond donors (Lipinski definition) is 0. The Hall–Kier alpha value is -1.85. The van der Waals surface area contributed by atoms with Gasteiger partial charge >= 0.3 is 0 Å². The van der Waals surface area contributed by atoms with E-state index in [9.17, 15) is 8.42 Å². The zero-order valence-electron chi connectivity index (χ0n) is 12.0. The highest BCUT2D eigenvalue weighted by atomic mass is 32.2. The van der Waals surface area contributed by atoms with Crippen molar-refractivity contribution < 1.29 is 13.2 Å². The van der Waals surface area contributed by atoms with E-state index in [1.807, 2.05) is 37.3 Å². The van der Waals surface area contributed by atoms with E-state index in [0.717, 1.165) is 22.4 Å². The third-order valence-electron chi connectivity index (χ3n) is 3.77. The van der Waals surface area contributed by atoms with E-state index < -0.39 is 10.0 Å². The summed E-state index contributed by atoms with van der Waals surface area (Å²) in [7, 11) is -1.84. The molecule has 0 amide bonds. The lowest BCUT2D eigenvalue weighted by atomic mass is 10.1. The van der Waals surface area contributed by atoms with Gasteiger partial charge in [0, 0.05) is 13.1 Å². The summed E-state index contributed by atoms with van der Waals surface area (Å²) in [6.07, 6.45) is 0. The number of benzene rings is 2. The summed E-state index contributed by atoms with van der Waals surface area (Å²) >= 11 is 0. The first-order valence-corrected chi connectivity index (χ1v) is 8.17. The largest absolute Gasteiger partial charge is 0.497 e. The summed E-state index contributed by atoms with van der Waals surface area (Å²) in [5, 5.41) is 0. The van der Waals surface area contributed by atoms with Crippen LogP contribution in [0, 0.1) is 6.92 Å². The molecule has 2 aromatic carbocycles. The molecule has 0 fully saturated rings. The van der Waals surface area contributed by atoms with Gasteiger partial charge in [-0.25, -0.2) is 8.42 Å². The highest BCUT2D eigenvalue weighted by Crippen LogP contribution is 2.30. The molecule has 0 radical (unpaired) electrons. The molecular weight excluding hydrogens is 286 g/mol. The molecule has 5 heteroatoms. The van der Waals surface area contributed by atoms with Crippen LogP contribution < -0.4 is 4.74 Å². The number of sulfonamides is 1. The zero-order valence-corrected chi connectivity index (χ0v) is 12.9. The standard InChI is InChI=1S/C16H17NO3S/c1-12-3-7-16(8-4-12)21(18,19)17-10-13-5-6-15(20-2)9-14(13)11-17/h3-9H,10-11H2,1-2H3. The Morgan fingerprint density at radius 3 is 2.33 bits per heavy atom. The van der Waals surface area contributed by atoms with Gasteiger partial charge in [-0.05, 0) is 42.3 Å². The van der Waals surface area contributed by atoms with Crippen LogP contribution in [0.4, 0.5) is 0 Å². The van der Waals surface area contributed by atoms with E-state index in [0.29, 0.717) is 18.0 Å². The second-order valence-electron chi connectivity index (χ2n) is 5.22. The number of aryl methyl sites for hydroxylation is 1. The lowest BCUT2D eigenvalue weighted by Crippen LogP contribution is -2.25. The average molecular weight is 303 g/mol. The second-order valence-corrected chi connectivity index (χ2v) is 7.16. The van der Waals surface area contributed by atoms with E-state index in [1.165, 1.54) is 4.31 Å². The molecule has 110 valence electrons. The number of hydrogen-bond acceptors (Lipinski definition) is 3. The Labute approximate surface area is 125 Å². The minimum atomic E-state index is -3.45. The normalized spacial score (nSPS) is 15.0. The van der Waals surface area contributed by atoms with Gasteiger partial charge < -0.3 is 4.74 Å². The van der Waals surface area contributed by atoms with Crippen LogP contribution in [-0.2, 0) is 23.1 Å². The zero-order chi connectivity index (χ0) is 15.0. The van der Waals surface area contributed by atoms with Gasteiger partial charge in [-0.3, -0.25) is 0 Å². The predicted molar refractivity (Wildman–Crippen MR) is 80.6 cm³/mol. The van der Waals surface area contributed by atoms with Crippen molar-refractivity contribution in [1.82, 2.24) is 4.31 Å². The Morgan fingerprint density at radius 1 is 1.00 bits per heavy atom. The molecule has 1 aliphatic rings. The van der Waals surface area contributed by atoms with E-state index in [-0.39, 0.29) is 0 Å². The lowest BCUT2D eigenvalue weighted by molar-refractivity contribution is 0.413. The number of fused-ring (bicyclic) bond motifs is 1. The second kappa shape index (κ2) is 5.16. The van der Waals surface area contributed by atoms with E-state index in [4.69, 9.17) is 4.74 Å². The third kappa shape index (κ3) is 2.54. The first-order valence-electron chi connectivity index (χ1n) is 6.73. The smallest absolute Gasteiger partial charge is 0.243 e. The van der Waals surface area contributed by atoms with Crippen molar-refractivity contribution in [2.75, 3.05) is 7.11 Å². The highest BCUT2D eigenvalue weighted by Gasteiger charge is 2.30. The third-order valence-corrected chi connectivity index (χ3v) is 5.57. The van der Waals surface area contributed by atoms with E-state index >= 15 is 0 Å². The fraction of sp³-hybridized carbons (Fsp3) is 0.250. The molecule has 0 unspecified atom stereocenters. The molecule has 2 aromatic rings. The summed E-state index contributed by atoms with van der Waals surface area (Å²) in [5.74, 6) is 0.753. The van der Waals surface area contributed by atoms with Crippen LogP contribution in [0.3, 0.4) is 0 Å². The van der Waals surface area contributed by atoms with Gasteiger partial charge in [0.05, 0.1) is 12.0 Å². The minimum absolute atomic E-state index is 0.341. The van der Waals surface area contributed by atoms with Gasteiger partial charge in [0.2, 0.25) is 10.0 Å². The molecule has 0 spiro atoms. The number of rotatable bonds is 3. The maximum Gasteiger partial charge on any atom is 0.243 e. The van der Waals surface area contributed by atoms with Gasteiger partial charge in [0.15, 0.2) is 0 Å². The van der Waals surface area contributed by atoms with Crippen LogP contribution in [0.15, 0.2) is 47.4 Å². The fourth-order valence-electron chi connectivity index (χ4n) is 2.50. The van der Waals surface area contributed by atoms with Crippen LogP contribution in [0.2, 0.25) is 0 Å². The minimum Gasteiger partial charge on any atom is -0.497 e. The molecule has 0 aliphatic carbocycles. The summed E-state index contributed by atoms with van der Waals surface area (Å²) in [5.41, 5.74) is 3.08. The highest BCUT2D eigenvalue weighted by molar-refractivity contribution is 7.89. The monoisotopic (exact) mass is 303 g/mol. The Bertz CT molecular complexity index is 767. The molecule has 4 nitrogen and oxygen atoms in total. The molecule has 0 saturated carbocycles. The molecule has 1 aliphatic heterocycles. The molecule has 1 heterocycles. The van der Waals surface area contributed by atoms with Crippen molar-refractivity contribution in [2.24, 2.45) is 0 Å². The predicted octanol–water partition coefficient (Wildman–Crippen LogP) is 2.71. The number of ether oxygens (including phenoxy) is 1. The van der Waals surface area contributed by atoms with Crippen molar-refractivity contribution in [3.63, 3.8) is 0 Å². The molecule has 3 rings (SSSR count). The summed E-state index contributed by atoms with van der Waals surface area (Å²) in [6, 6.07) is 12.7. The fourth-order valence-corrected chi connectivity index (χ4v) is 3.89. The Balaban J connectivity index is 1.91. The first kappa shape index (κ1) is 14.1. The number of methoxy groups -OCH3 is 1. The van der Waals surface area contributed by atoms with Crippen molar-refractivity contribution >= 4 is 10.0 Å². The van der Waals surface area contributed by atoms with Crippen LogP contribution in [0.25, 0.3) is 0 Å². The first-order chi connectivity index (χ1) is 10.0. The summed E-state index contributed by atoms with van der Waals surface area (Å²) in [4.78, 5) is 0.341. The van der Waals surface area contributed by atoms with Crippen LogP contribution in [0.5, 0.6) is 5.75 Å². The van der Waals surface area contributed by atoms with E-state index in [2.05, 4.69) is 0 Å². The topological polar surface area (TPSA) is 46.6 Å². The molecule has 0 atom stereocenters. The summed E-state index contributed by atoms with van der Waals surface area (Å²) < 4.78 is 32.0. The van der Waals surface area contributed by atoms with Crippen LogP contribution in [-0.4, -0.2) is 19.8 Å². The molecule has 0 aromatic heterocycles. The molecular formula is C16H17NO3S. The van der Waals surface area contributed by atoms with Gasteiger partial charge in [-0.2, -0.15) is 4.31 Å². The number of nitrogens with zero attached hydrogens (tertiary/aromatic N) is 1. The average Bonchev–Trinajstić information content (AvgIpc) is 2.91. The van der Waals surface area contributed by atoms with Crippen molar-refractivity contribution in [3.05, 3.63) is 59.2 Å². The van der Waals surface area contributed by atoms with Gasteiger partial charge in [0.1, 0.15) is 5.75 Å². The quantitative estimate of drug-likeness (QED) is 0.876. The van der Waals surface area contributed by atoms with Gasteiger partial charge in [-0.15, -0.1) is 0 Å². The van der Waals surface area contributed by atoms with Crippen molar-refractivity contribution in [1.29, 1.82) is 0 Å². The SMILES string of the molecule is COc1ccc2c(c1)CN(S(=O)(=O)c1ccc(C)cc1)C2.